The van der Waals surface area contributed by atoms with E-state index in [1.165, 1.54) is 12.1 Å². The first-order chi connectivity index (χ1) is 14.8. The second kappa shape index (κ2) is 8.22. The van der Waals surface area contributed by atoms with E-state index in [0.717, 1.165) is 16.7 Å². The molecule has 0 aliphatic carbocycles. The summed E-state index contributed by atoms with van der Waals surface area (Å²) in [7, 11) is 0. The zero-order valence-corrected chi connectivity index (χ0v) is 17.6. The molecule has 1 heterocycles. The molecule has 1 unspecified atom stereocenters. The van der Waals surface area contributed by atoms with Crippen molar-refractivity contribution in [1.82, 2.24) is 0 Å². The number of nitrogens with one attached hydrogen (secondary N) is 1. The number of hydrogen-bond acceptors (Lipinski definition) is 3. The largest absolute Gasteiger partial charge is 0.479 e. The van der Waals surface area contributed by atoms with Gasteiger partial charge in [-0.15, -0.1) is 0 Å². The van der Waals surface area contributed by atoms with Gasteiger partial charge in [0.1, 0.15) is 11.6 Å². The summed E-state index contributed by atoms with van der Waals surface area (Å²) in [4.78, 5) is 27.1. The van der Waals surface area contributed by atoms with Gasteiger partial charge >= 0.3 is 0 Å². The summed E-state index contributed by atoms with van der Waals surface area (Å²) in [6.07, 6.45) is -0.635. The van der Waals surface area contributed by atoms with Gasteiger partial charge < -0.3 is 15.0 Å². The summed E-state index contributed by atoms with van der Waals surface area (Å²) in [5.41, 5.74) is 4.62. The highest BCUT2D eigenvalue weighted by Crippen LogP contribution is 2.37. The summed E-state index contributed by atoms with van der Waals surface area (Å²) < 4.78 is 19.0. The summed E-state index contributed by atoms with van der Waals surface area (Å²) >= 11 is 0. The van der Waals surface area contributed by atoms with E-state index in [9.17, 15) is 14.0 Å². The van der Waals surface area contributed by atoms with Crippen LogP contribution in [-0.2, 0) is 11.3 Å². The predicted octanol–water partition coefficient (Wildman–Crippen LogP) is 5.01. The van der Waals surface area contributed by atoms with Crippen molar-refractivity contribution >= 4 is 23.2 Å². The van der Waals surface area contributed by atoms with E-state index in [1.807, 2.05) is 26.0 Å². The fourth-order valence-corrected chi connectivity index (χ4v) is 3.51. The number of halogens is 1. The van der Waals surface area contributed by atoms with Crippen LogP contribution in [-0.4, -0.2) is 17.9 Å². The van der Waals surface area contributed by atoms with Gasteiger partial charge in [-0.1, -0.05) is 18.2 Å². The first kappa shape index (κ1) is 20.6. The molecule has 31 heavy (non-hydrogen) atoms. The van der Waals surface area contributed by atoms with Gasteiger partial charge in [-0.2, -0.15) is 0 Å². The van der Waals surface area contributed by atoms with Crippen molar-refractivity contribution in [2.45, 2.75) is 33.4 Å². The van der Waals surface area contributed by atoms with E-state index in [0.29, 0.717) is 22.7 Å². The molecule has 1 N–H and O–H groups in total. The van der Waals surface area contributed by atoms with Crippen LogP contribution < -0.4 is 15.0 Å². The van der Waals surface area contributed by atoms with Crippen LogP contribution in [0.2, 0.25) is 0 Å². The maximum atomic E-state index is 13.3. The summed E-state index contributed by atoms with van der Waals surface area (Å²) in [6.45, 7) is 5.92. The number of carbonyl (C=O) groups is 2. The Bertz CT molecular complexity index is 1160. The smallest absolute Gasteiger partial charge is 0.268 e. The Hall–Kier alpha value is -3.67. The second-order valence-electron chi connectivity index (χ2n) is 7.75. The molecule has 1 aliphatic heterocycles. The van der Waals surface area contributed by atoms with Gasteiger partial charge in [0.25, 0.3) is 11.8 Å². The molecule has 0 fully saturated rings. The number of rotatable bonds is 4. The molecule has 5 nitrogen and oxygen atoms in total. The second-order valence-corrected chi connectivity index (χ2v) is 7.75. The van der Waals surface area contributed by atoms with Crippen LogP contribution in [0.5, 0.6) is 5.75 Å². The third-order valence-corrected chi connectivity index (χ3v) is 5.45. The Labute approximate surface area is 180 Å². The van der Waals surface area contributed by atoms with Crippen molar-refractivity contribution < 1.29 is 18.7 Å². The lowest BCUT2D eigenvalue weighted by Crippen LogP contribution is -2.44. The molecular formula is C25H23FN2O3. The number of aryl methyl sites for hydroxylation is 2. The maximum Gasteiger partial charge on any atom is 0.268 e. The van der Waals surface area contributed by atoms with Crippen molar-refractivity contribution in [3.05, 3.63) is 88.7 Å². The molecule has 3 aromatic rings. The number of anilines is 2. The SMILES string of the molecule is Cc1ccc(C(=O)Nc2ccc3c(c2)N(Cc2ccc(F)cc2)C(=O)C(C)O3)cc1C. The lowest BCUT2D eigenvalue weighted by atomic mass is 10.1. The van der Waals surface area contributed by atoms with E-state index in [1.54, 1.807) is 48.2 Å². The highest BCUT2D eigenvalue weighted by Gasteiger charge is 2.32. The Morgan fingerprint density at radius 3 is 2.48 bits per heavy atom. The third kappa shape index (κ3) is 4.28. The van der Waals surface area contributed by atoms with Crippen molar-refractivity contribution in [2.75, 3.05) is 10.2 Å². The number of amides is 2. The van der Waals surface area contributed by atoms with Crippen LogP contribution in [0.15, 0.2) is 60.7 Å². The average Bonchev–Trinajstić information content (AvgIpc) is 2.75. The summed E-state index contributed by atoms with van der Waals surface area (Å²) in [5.74, 6) is -0.209. The molecule has 0 aromatic heterocycles. The van der Waals surface area contributed by atoms with Gasteiger partial charge in [0.05, 0.1) is 12.2 Å². The lowest BCUT2D eigenvalue weighted by molar-refractivity contribution is -0.125. The van der Waals surface area contributed by atoms with Crippen molar-refractivity contribution in [1.29, 1.82) is 0 Å². The Balaban J connectivity index is 1.62. The summed E-state index contributed by atoms with van der Waals surface area (Å²) in [5, 5.41) is 2.89. The molecule has 3 aromatic carbocycles. The Morgan fingerprint density at radius 1 is 1.03 bits per heavy atom. The molecule has 0 radical (unpaired) electrons. The number of nitrogens with zero attached hydrogens (tertiary/aromatic N) is 1. The molecule has 0 saturated carbocycles. The Morgan fingerprint density at radius 2 is 1.77 bits per heavy atom. The number of carbonyl (C=O) groups excluding carboxylic acids is 2. The van der Waals surface area contributed by atoms with E-state index in [2.05, 4.69) is 5.32 Å². The van der Waals surface area contributed by atoms with Crippen LogP contribution in [0.4, 0.5) is 15.8 Å². The predicted molar refractivity (Wildman–Crippen MR) is 118 cm³/mol. The van der Waals surface area contributed by atoms with E-state index < -0.39 is 6.10 Å². The monoisotopic (exact) mass is 418 g/mol. The zero-order valence-electron chi connectivity index (χ0n) is 17.6. The van der Waals surface area contributed by atoms with Crippen molar-refractivity contribution in [3.63, 3.8) is 0 Å². The molecule has 1 aliphatic rings. The van der Waals surface area contributed by atoms with Crippen LogP contribution in [0.1, 0.15) is 34.0 Å². The van der Waals surface area contributed by atoms with Gasteiger partial charge in [-0.3, -0.25) is 9.59 Å². The van der Waals surface area contributed by atoms with Crippen LogP contribution in [0.3, 0.4) is 0 Å². The molecule has 158 valence electrons. The van der Waals surface area contributed by atoms with Gasteiger partial charge in [0, 0.05) is 11.3 Å². The van der Waals surface area contributed by atoms with E-state index >= 15 is 0 Å². The average molecular weight is 418 g/mol. The van der Waals surface area contributed by atoms with Crippen molar-refractivity contribution in [2.24, 2.45) is 0 Å². The van der Waals surface area contributed by atoms with Crippen LogP contribution >= 0.6 is 0 Å². The lowest BCUT2D eigenvalue weighted by Gasteiger charge is -2.33. The summed E-state index contributed by atoms with van der Waals surface area (Å²) in [6, 6.07) is 16.8. The number of hydrogen-bond donors (Lipinski definition) is 1. The van der Waals surface area contributed by atoms with Gasteiger partial charge in [0.15, 0.2) is 6.10 Å². The normalized spacial score (nSPS) is 15.3. The minimum absolute atomic E-state index is 0.200. The molecule has 0 spiro atoms. The molecule has 0 bridgehead atoms. The number of ether oxygens (including phenoxy) is 1. The van der Waals surface area contributed by atoms with Gasteiger partial charge in [-0.05, 0) is 79.9 Å². The van der Waals surface area contributed by atoms with Crippen LogP contribution in [0.25, 0.3) is 0 Å². The molecule has 1 atom stereocenters. The fraction of sp³-hybridized carbons (Fsp3) is 0.200. The van der Waals surface area contributed by atoms with Crippen molar-refractivity contribution in [3.8, 4) is 5.75 Å². The quantitative estimate of drug-likeness (QED) is 0.648. The first-order valence-electron chi connectivity index (χ1n) is 10.1. The van der Waals surface area contributed by atoms with Crippen LogP contribution in [0, 0.1) is 19.7 Å². The fourth-order valence-electron chi connectivity index (χ4n) is 3.51. The minimum Gasteiger partial charge on any atom is -0.479 e. The molecule has 4 rings (SSSR count). The third-order valence-electron chi connectivity index (χ3n) is 5.45. The maximum absolute atomic E-state index is 13.3. The number of benzene rings is 3. The van der Waals surface area contributed by atoms with Gasteiger partial charge in [0.2, 0.25) is 0 Å². The van der Waals surface area contributed by atoms with E-state index in [-0.39, 0.29) is 24.2 Å². The topological polar surface area (TPSA) is 58.6 Å². The zero-order chi connectivity index (χ0) is 22.1. The highest BCUT2D eigenvalue weighted by atomic mass is 19.1. The first-order valence-corrected chi connectivity index (χ1v) is 10.1. The highest BCUT2D eigenvalue weighted by molar-refractivity contribution is 6.06. The number of fused-ring (bicyclic) bond motifs is 1. The molecule has 0 saturated heterocycles. The minimum atomic E-state index is -0.635. The Kier molecular flexibility index (Phi) is 5.46. The van der Waals surface area contributed by atoms with Gasteiger partial charge in [-0.25, -0.2) is 4.39 Å². The van der Waals surface area contributed by atoms with E-state index in [4.69, 9.17) is 4.74 Å². The molecular weight excluding hydrogens is 395 g/mol. The molecule has 2 amide bonds. The standard InChI is InChI=1S/C25H23FN2O3/c1-15-4-7-19(12-16(15)2)24(29)27-21-10-11-23-22(13-21)28(25(30)17(3)31-23)14-18-5-8-20(26)9-6-18/h4-13,17H,14H2,1-3H3,(H,27,29). The molecule has 6 heteroatoms.